The van der Waals surface area contributed by atoms with Crippen molar-refractivity contribution in [3.8, 4) is 0 Å². The zero-order valence-electron chi connectivity index (χ0n) is 31.7. The summed E-state index contributed by atoms with van der Waals surface area (Å²) in [5.74, 6) is -0.199. The van der Waals surface area contributed by atoms with Crippen LogP contribution in [0.5, 0.6) is 0 Å². The van der Waals surface area contributed by atoms with E-state index < -0.39 is 12.1 Å². The summed E-state index contributed by atoms with van der Waals surface area (Å²) in [5.41, 5.74) is 1.24. The number of likely N-dealkylation sites (tertiary alicyclic amines) is 2. The topological polar surface area (TPSA) is 76.6 Å². The highest BCUT2D eigenvalue weighted by atomic mass is 35.5. The first-order chi connectivity index (χ1) is 23.6. The maximum atomic E-state index is 15.1. The zero-order chi connectivity index (χ0) is 36.0. The number of hydrogen-bond acceptors (Lipinski definition) is 6. The zero-order valence-corrected chi connectivity index (χ0v) is 32.5. The van der Waals surface area contributed by atoms with Gasteiger partial charge in [0.05, 0.1) is 12.0 Å². The molecule has 0 bridgehead atoms. The fourth-order valence-corrected chi connectivity index (χ4v) is 9.41. The Kier molecular flexibility index (Phi) is 11.3. The van der Waals surface area contributed by atoms with Crippen molar-refractivity contribution < 1.29 is 19.1 Å². The minimum atomic E-state index is -0.590. The molecule has 1 unspecified atom stereocenters. The van der Waals surface area contributed by atoms with E-state index in [1.54, 1.807) is 0 Å². The number of benzene rings is 1. The molecule has 5 fully saturated rings. The van der Waals surface area contributed by atoms with Crippen molar-refractivity contribution in [2.24, 2.45) is 11.3 Å². The molecule has 4 aliphatic heterocycles. The van der Waals surface area contributed by atoms with Crippen molar-refractivity contribution in [3.05, 3.63) is 34.9 Å². The van der Waals surface area contributed by atoms with Crippen molar-refractivity contribution in [3.63, 3.8) is 0 Å². The molecule has 4 heterocycles. The Morgan fingerprint density at radius 1 is 0.900 bits per heavy atom. The fourth-order valence-electron chi connectivity index (χ4n) is 9.28. The Balaban J connectivity index is 1.32. The van der Waals surface area contributed by atoms with E-state index in [1.807, 2.05) is 21.9 Å². The Labute approximate surface area is 306 Å². The maximum absolute atomic E-state index is 15.1. The molecule has 9 nitrogen and oxygen atoms in total. The molecule has 1 saturated carbocycles. The monoisotopic (exact) mass is 711 g/mol. The molecule has 1 aliphatic carbocycles. The van der Waals surface area contributed by atoms with E-state index >= 15 is 4.79 Å². The van der Waals surface area contributed by atoms with Crippen molar-refractivity contribution >= 4 is 29.3 Å². The third-order valence-corrected chi connectivity index (χ3v) is 12.9. The number of carbonyl (C=O) groups is 3. The molecule has 1 aromatic rings. The molecule has 278 valence electrons. The maximum Gasteiger partial charge on any atom is 0.252 e. The van der Waals surface area contributed by atoms with Crippen LogP contribution >= 0.6 is 11.6 Å². The summed E-state index contributed by atoms with van der Waals surface area (Å²) < 4.78 is 5.99. The van der Waals surface area contributed by atoms with E-state index in [9.17, 15) is 9.59 Å². The van der Waals surface area contributed by atoms with Gasteiger partial charge in [-0.05, 0) is 103 Å². The van der Waals surface area contributed by atoms with Crippen LogP contribution in [0.3, 0.4) is 0 Å². The number of halogens is 1. The van der Waals surface area contributed by atoms with Crippen LogP contribution in [0.15, 0.2) is 24.3 Å². The largest absolute Gasteiger partial charge is 0.368 e. The van der Waals surface area contributed by atoms with Crippen LogP contribution in [0.2, 0.25) is 5.02 Å². The number of ether oxygens (including phenoxy) is 1. The Morgan fingerprint density at radius 2 is 1.56 bits per heavy atom. The van der Waals surface area contributed by atoms with E-state index in [-0.39, 0.29) is 52.6 Å². The third-order valence-electron chi connectivity index (χ3n) is 12.6. The second kappa shape index (κ2) is 15.0. The van der Waals surface area contributed by atoms with Gasteiger partial charge in [-0.1, -0.05) is 37.6 Å². The van der Waals surface area contributed by atoms with Gasteiger partial charge in [0.25, 0.3) is 5.91 Å². The van der Waals surface area contributed by atoms with Gasteiger partial charge in [0.15, 0.2) is 0 Å². The third kappa shape index (κ3) is 8.06. The molecule has 5 aliphatic rings. The molecular weight excluding hydrogens is 650 g/mol. The molecule has 3 amide bonds. The first-order valence-corrected chi connectivity index (χ1v) is 19.8. The lowest BCUT2D eigenvalue weighted by Crippen LogP contribution is -2.56. The number of rotatable bonds is 7. The summed E-state index contributed by atoms with van der Waals surface area (Å²) in [6.45, 7) is 21.0. The number of nitrogens with zero attached hydrogens (tertiary/aromatic N) is 5. The van der Waals surface area contributed by atoms with E-state index in [1.165, 1.54) is 0 Å². The number of amides is 3. The molecule has 0 N–H and O–H groups in total. The predicted molar refractivity (Wildman–Crippen MR) is 198 cm³/mol. The molecule has 0 spiro atoms. The lowest BCUT2D eigenvalue weighted by Gasteiger charge is -2.43. The number of hydrogen-bond donors (Lipinski definition) is 0. The van der Waals surface area contributed by atoms with E-state index in [4.69, 9.17) is 16.3 Å². The minimum absolute atomic E-state index is 0.0198. The van der Waals surface area contributed by atoms with Gasteiger partial charge in [-0.25, -0.2) is 0 Å². The fraction of sp³-hybridized carbons (Fsp3) is 0.775. The second-order valence-corrected chi connectivity index (χ2v) is 18.3. The van der Waals surface area contributed by atoms with Crippen molar-refractivity contribution in [1.29, 1.82) is 0 Å². The average Bonchev–Trinajstić information content (AvgIpc) is 3.86. The van der Waals surface area contributed by atoms with Gasteiger partial charge in [-0.2, -0.15) is 0 Å². The molecule has 4 saturated heterocycles. The van der Waals surface area contributed by atoms with Gasteiger partial charge in [-0.15, -0.1) is 0 Å². The van der Waals surface area contributed by atoms with Crippen LogP contribution in [-0.2, 0) is 19.1 Å². The van der Waals surface area contributed by atoms with Gasteiger partial charge in [0.2, 0.25) is 11.8 Å². The summed E-state index contributed by atoms with van der Waals surface area (Å²) >= 11 is 6.30. The Bertz CT molecular complexity index is 1350. The van der Waals surface area contributed by atoms with Gasteiger partial charge in [0.1, 0.15) is 12.1 Å². The normalized spacial score (nSPS) is 30.0. The molecule has 5 atom stereocenters. The van der Waals surface area contributed by atoms with Crippen LogP contribution in [-0.4, -0.2) is 130 Å². The van der Waals surface area contributed by atoms with Crippen molar-refractivity contribution in [2.75, 3.05) is 52.4 Å². The number of piperazine rings is 1. The highest BCUT2D eigenvalue weighted by Gasteiger charge is 2.52. The second-order valence-electron chi connectivity index (χ2n) is 17.8. The molecule has 1 aromatic carbocycles. The van der Waals surface area contributed by atoms with E-state index in [0.717, 1.165) is 63.7 Å². The Morgan fingerprint density at radius 3 is 2.14 bits per heavy atom. The first-order valence-electron chi connectivity index (χ1n) is 19.4. The Hall–Kier alpha value is -2.20. The van der Waals surface area contributed by atoms with Gasteiger partial charge >= 0.3 is 0 Å². The summed E-state index contributed by atoms with van der Waals surface area (Å²) in [6, 6.07) is 7.63. The van der Waals surface area contributed by atoms with Gasteiger partial charge in [0, 0.05) is 81.0 Å². The standard InChI is InChI=1S/C40H62ClN5O4/c1-27(2)42-18-20-43(21-19-42)37(48)34-23-31(46(38(49)35-9-8-22-50-35)30-14-16-40(6,7)17-15-30)24-45(34)36(47)33-26-44(39(3,4)5)25-32(33)28-10-12-29(41)13-11-28/h10-13,27,30-35H,8-9,14-26H2,1-7H3/t31-,32-,33+,34-,35?/m0/s1. The summed E-state index contributed by atoms with van der Waals surface area (Å²) in [5, 5.41) is 0.676. The van der Waals surface area contributed by atoms with E-state index in [2.05, 4.69) is 75.3 Å². The highest BCUT2D eigenvalue weighted by molar-refractivity contribution is 6.30. The number of carbonyl (C=O) groups excluding carboxylic acids is 3. The molecule has 10 heteroatoms. The van der Waals surface area contributed by atoms with E-state index in [0.29, 0.717) is 50.3 Å². The summed E-state index contributed by atoms with van der Waals surface area (Å²) in [7, 11) is 0. The SMILES string of the molecule is CC(C)N1CCN(C(=O)[C@@H]2C[C@H](N(C(=O)C3CCCO3)C3CCC(C)(C)CC3)CN2C(=O)[C@@H]2CN(C(C)(C)C)C[C@H]2c2ccc(Cl)cc2)CC1. The molecular formula is C40H62ClN5O4. The van der Waals surface area contributed by atoms with Crippen LogP contribution < -0.4 is 0 Å². The van der Waals surface area contributed by atoms with Crippen LogP contribution in [0.1, 0.15) is 105 Å². The molecule has 0 aromatic heterocycles. The molecule has 6 rings (SSSR count). The molecule has 0 radical (unpaired) electrons. The van der Waals surface area contributed by atoms with Crippen LogP contribution in [0.4, 0.5) is 0 Å². The summed E-state index contributed by atoms with van der Waals surface area (Å²) in [6.07, 6.45) is 5.65. The van der Waals surface area contributed by atoms with Crippen LogP contribution in [0, 0.1) is 11.3 Å². The summed E-state index contributed by atoms with van der Waals surface area (Å²) in [4.78, 5) is 55.0. The molecule has 50 heavy (non-hydrogen) atoms. The van der Waals surface area contributed by atoms with Crippen molar-refractivity contribution in [1.82, 2.24) is 24.5 Å². The highest BCUT2D eigenvalue weighted by Crippen LogP contribution is 2.42. The lowest BCUT2D eigenvalue weighted by atomic mass is 9.75. The quantitative estimate of drug-likeness (QED) is 0.364. The first kappa shape index (κ1) is 37.6. The lowest BCUT2D eigenvalue weighted by molar-refractivity contribution is -0.148. The minimum Gasteiger partial charge on any atom is -0.368 e. The smallest absolute Gasteiger partial charge is 0.252 e. The average molecular weight is 712 g/mol. The van der Waals surface area contributed by atoms with Crippen LogP contribution in [0.25, 0.3) is 0 Å². The van der Waals surface area contributed by atoms with Gasteiger partial charge < -0.3 is 19.4 Å². The van der Waals surface area contributed by atoms with Gasteiger partial charge in [-0.3, -0.25) is 24.2 Å². The predicted octanol–water partition coefficient (Wildman–Crippen LogP) is 5.65. The van der Waals surface area contributed by atoms with Crippen molar-refractivity contribution in [2.45, 2.75) is 135 Å².